The maximum atomic E-state index is 5.49. The predicted octanol–water partition coefficient (Wildman–Crippen LogP) is -0.960. The van der Waals surface area contributed by atoms with Crippen molar-refractivity contribution in [3.05, 3.63) is 18.0 Å². The standard InChI is InChI=1S/C7H14N6/c1-12(7(8)11-9)4-6-3-10-13(2)5-6/h3,5H,4,9H2,1-2H3,(H2,8,11). The van der Waals surface area contributed by atoms with E-state index in [9.17, 15) is 0 Å². The summed E-state index contributed by atoms with van der Waals surface area (Å²) >= 11 is 0. The summed E-state index contributed by atoms with van der Waals surface area (Å²) in [5, 5.41) is 7.42. The van der Waals surface area contributed by atoms with Crippen LogP contribution in [0.4, 0.5) is 0 Å². The second kappa shape index (κ2) is 3.79. The zero-order chi connectivity index (χ0) is 9.84. The van der Waals surface area contributed by atoms with Crippen LogP contribution in [0.15, 0.2) is 17.5 Å². The molecule has 72 valence electrons. The molecular weight excluding hydrogens is 168 g/mol. The molecule has 0 saturated heterocycles. The molecule has 1 heterocycles. The fourth-order valence-electron chi connectivity index (χ4n) is 1.01. The smallest absolute Gasteiger partial charge is 0.213 e. The molecule has 0 aliphatic rings. The maximum absolute atomic E-state index is 5.49. The van der Waals surface area contributed by atoms with Crippen molar-refractivity contribution >= 4 is 5.96 Å². The van der Waals surface area contributed by atoms with Crippen LogP contribution >= 0.6 is 0 Å². The highest BCUT2D eigenvalue weighted by molar-refractivity contribution is 5.77. The fourth-order valence-corrected chi connectivity index (χ4v) is 1.01. The molecule has 4 N–H and O–H groups in total. The molecule has 1 rings (SSSR count). The van der Waals surface area contributed by atoms with E-state index in [1.807, 2.05) is 20.3 Å². The highest BCUT2D eigenvalue weighted by atomic mass is 15.3. The third-order valence-corrected chi connectivity index (χ3v) is 1.70. The highest BCUT2D eigenvalue weighted by Gasteiger charge is 2.03. The number of aromatic nitrogens is 2. The van der Waals surface area contributed by atoms with Crippen molar-refractivity contribution in [1.29, 1.82) is 0 Å². The number of hydrazone groups is 1. The van der Waals surface area contributed by atoms with Gasteiger partial charge in [0.25, 0.3) is 0 Å². The monoisotopic (exact) mass is 182 g/mol. The second-order valence-electron chi connectivity index (χ2n) is 2.87. The van der Waals surface area contributed by atoms with Crippen molar-refractivity contribution < 1.29 is 0 Å². The third kappa shape index (κ3) is 2.36. The molecule has 0 aliphatic carbocycles. The van der Waals surface area contributed by atoms with Crippen LogP contribution in [0.5, 0.6) is 0 Å². The van der Waals surface area contributed by atoms with E-state index in [1.54, 1.807) is 15.8 Å². The van der Waals surface area contributed by atoms with Gasteiger partial charge < -0.3 is 16.5 Å². The van der Waals surface area contributed by atoms with Crippen molar-refractivity contribution in [1.82, 2.24) is 14.7 Å². The van der Waals surface area contributed by atoms with Gasteiger partial charge in [0.15, 0.2) is 0 Å². The Balaban J connectivity index is 2.59. The molecule has 0 radical (unpaired) electrons. The Labute approximate surface area is 76.8 Å². The highest BCUT2D eigenvalue weighted by Crippen LogP contribution is 1.99. The number of hydrogen-bond acceptors (Lipinski definition) is 3. The molecule has 0 aromatic carbocycles. The molecule has 6 heteroatoms. The van der Waals surface area contributed by atoms with E-state index in [0.29, 0.717) is 12.5 Å². The van der Waals surface area contributed by atoms with Gasteiger partial charge >= 0.3 is 0 Å². The number of rotatable bonds is 2. The van der Waals surface area contributed by atoms with Crippen LogP contribution in [0, 0.1) is 0 Å². The molecule has 0 atom stereocenters. The normalized spacial score (nSPS) is 11.7. The molecule has 13 heavy (non-hydrogen) atoms. The van der Waals surface area contributed by atoms with Gasteiger partial charge in [0.2, 0.25) is 5.96 Å². The minimum atomic E-state index is 0.309. The van der Waals surface area contributed by atoms with Gasteiger partial charge in [-0.3, -0.25) is 4.68 Å². The molecule has 0 aliphatic heterocycles. The first kappa shape index (κ1) is 9.37. The topological polar surface area (TPSA) is 85.5 Å². The number of nitrogens with two attached hydrogens (primary N) is 2. The van der Waals surface area contributed by atoms with Crippen LogP contribution < -0.4 is 11.6 Å². The molecule has 0 spiro atoms. The summed E-state index contributed by atoms with van der Waals surface area (Å²) in [4.78, 5) is 1.75. The van der Waals surface area contributed by atoms with Crippen molar-refractivity contribution in [2.24, 2.45) is 23.7 Å². The van der Waals surface area contributed by atoms with Gasteiger partial charge in [-0.25, -0.2) is 0 Å². The Bertz CT molecular complexity index is 302. The van der Waals surface area contributed by atoms with Crippen molar-refractivity contribution in [2.45, 2.75) is 6.54 Å². The molecule has 0 saturated carbocycles. The molecule has 0 amide bonds. The molecule has 0 fully saturated rings. The van der Waals surface area contributed by atoms with Crippen LogP contribution in [0.3, 0.4) is 0 Å². The molecular formula is C7H14N6. The summed E-state index contributed by atoms with van der Waals surface area (Å²) in [5.74, 6) is 5.34. The first-order valence-electron chi connectivity index (χ1n) is 3.85. The Morgan fingerprint density at radius 1 is 1.77 bits per heavy atom. The van der Waals surface area contributed by atoms with E-state index in [-0.39, 0.29) is 0 Å². The maximum Gasteiger partial charge on any atom is 0.213 e. The summed E-state index contributed by atoms with van der Waals surface area (Å²) in [5.41, 5.74) is 6.56. The first-order valence-corrected chi connectivity index (χ1v) is 3.85. The summed E-state index contributed by atoms with van der Waals surface area (Å²) in [6.45, 7) is 0.653. The van der Waals surface area contributed by atoms with Gasteiger partial charge in [0.05, 0.1) is 6.20 Å². The molecule has 1 aromatic rings. The van der Waals surface area contributed by atoms with E-state index < -0.39 is 0 Å². The van der Waals surface area contributed by atoms with Gasteiger partial charge in [-0.15, -0.1) is 5.10 Å². The predicted molar refractivity (Wildman–Crippen MR) is 50.5 cm³/mol. The van der Waals surface area contributed by atoms with Crippen LogP contribution in [0.25, 0.3) is 0 Å². The van der Waals surface area contributed by atoms with Crippen LogP contribution in [-0.4, -0.2) is 27.7 Å². The average molecular weight is 182 g/mol. The van der Waals surface area contributed by atoms with Gasteiger partial charge in [0, 0.05) is 32.4 Å². The van der Waals surface area contributed by atoms with E-state index >= 15 is 0 Å². The quantitative estimate of drug-likeness (QED) is 0.267. The lowest BCUT2D eigenvalue weighted by Crippen LogP contribution is -2.34. The lowest BCUT2D eigenvalue weighted by Gasteiger charge is -2.15. The lowest BCUT2D eigenvalue weighted by molar-refractivity contribution is 0.492. The van der Waals surface area contributed by atoms with Gasteiger partial charge in [0.1, 0.15) is 0 Å². The van der Waals surface area contributed by atoms with E-state index in [2.05, 4.69) is 10.2 Å². The Morgan fingerprint density at radius 2 is 2.46 bits per heavy atom. The van der Waals surface area contributed by atoms with Crippen molar-refractivity contribution in [3.63, 3.8) is 0 Å². The average Bonchev–Trinajstić information content (AvgIpc) is 2.49. The Morgan fingerprint density at radius 3 is 2.92 bits per heavy atom. The van der Waals surface area contributed by atoms with Crippen molar-refractivity contribution in [3.8, 4) is 0 Å². The van der Waals surface area contributed by atoms with Crippen LogP contribution in [-0.2, 0) is 13.6 Å². The number of aryl methyl sites for hydroxylation is 1. The number of nitrogens with zero attached hydrogens (tertiary/aromatic N) is 4. The van der Waals surface area contributed by atoms with E-state index in [4.69, 9.17) is 11.6 Å². The number of hydrogen-bond donors (Lipinski definition) is 2. The van der Waals surface area contributed by atoms with Crippen LogP contribution in [0.2, 0.25) is 0 Å². The minimum Gasteiger partial charge on any atom is -0.368 e. The first-order chi connectivity index (χ1) is 6.13. The number of guanidine groups is 1. The summed E-state index contributed by atoms with van der Waals surface area (Å²) < 4.78 is 1.74. The fraction of sp³-hybridized carbons (Fsp3) is 0.429. The second-order valence-corrected chi connectivity index (χ2v) is 2.87. The molecule has 0 unspecified atom stereocenters. The largest absolute Gasteiger partial charge is 0.368 e. The zero-order valence-electron chi connectivity index (χ0n) is 7.81. The third-order valence-electron chi connectivity index (χ3n) is 1.70. The van der Waals surface area contributed by atoms with E-state index in [1.165, 1.54) is 0 Å². The van der Waals surface area contributed by atoms with Gasteiger partial charge in [-0.2, -0.15) is 5.10 Å². The van der Waals surface area contributed by atoms with Crippen LogP contribution in [0.1, 0.15) is 5.56 Å². The molecule has 0 bridgehead atoms. The summed E-state index contributed by atoms with van der Waals surface area (Å²) in [6.07, 6.45) is 3.70. The lowest BCUT2D eigenvalue weighted by atomic mass is 10.3. The summed E-state index contributed by atoms with van der Waals surface area (Å²) in [7, 11) is 3.68. The van der Waals surface area contributed by atoms with E-state index in [0.717, 1.165) is 5.56 Å². The van der Waals surface area contributed by atoms with Gasteiger partial charge in [-0.05, 0) is 0 Å². The molecule has 1 aromatic heterocycles. The molecule has 6 nitrogen and oxygen atoms in total. The van der Waals surface area contributed by atoms with Gasteiger partial charge in [-0.1, -0.05) is 0 Å². The van der Waals surface area contributed by atoms with Crippen molar-refractivity contribution in [2.75, 3.05) is 7.05 Å². The summed E-state index contributed by atoms with van der Waals surface area (Å²) in [6, 6.07) is 0. The Kier molecular flexibility index (Phi) is 2.73. The Hall–Kier alpha value is -1.72. The minimum absolute atomic E-state index is 0.309. The zero-order valence-corrected chi connectivity index (χ0v) is 7.81. The SMILES string of the molecule is CN(Cc1cnn(C)c1)C(N)=NN.